The molecule has 10 heteroatoms. The van der Waals surface area contributed by atoms with E-state index in [-0.39, 0.29) is 27.8 Å². The van der Waals surface area contributed by atoms with Gasteiger partial charge in [0.25, 0.3) is 10.0 Å². The number of aromatic hydroxyl groups is 2. The third kappa shape index (κ3) is 5.12. The normalized spacial score (nSPS) is 11.3. The Labute approximate surface area is 197 Å². The number of hydrogen-bond acceptors (Lipinski definition) is 8. The molecule has 34 heavy (non-hydrogen) atoms. The molecule has 0 radical (unpaired) electrons. The molecule has 0 heterocycles. The zero-order chi connectivity index (χ0) is 24.9. The second-order valence-electron chi connectivity index (χ2n) is 6.97. The van der Waals surface area contributed by atoms with Crippen molar-refractivity contribution in [1.82, 2.24) is 0 Å². The predicted molar refractivity (Wildman–Crippen MR) is 129 cm³/mol. The van der Waals surface area contributed by atoms with E-state index in [2.05, 4.69) is 4.72 Å². The second-order valence-corrected chi connectivity index (χ2v) is 8.65. The molecule has 0 aromatic heterocycles. The highest BCUT2D eigenvalue weighted by Gasteiger charge is 2.20. The van der Waals surface area contributed by atoms with Gasteiger partial charge in [-0.2, -0.15) is 0 Å². The fourth-order valence-electron chi connectivity index (χ4n) is 3.20. The fourth-order valence-corrected chi connectivity index (χ4v) is 4.30. The monoisotopic (exact) mass is 487 g/mol. The van der Waals surface area contributed by atoms with Crippen molar-refractivity contribution in [3.05, 3.63) is 59.7 Å². The van der Waals surface area contributed by atoms with E-state index >= 15 is 0 Å². The highest BCUT2D eigenvalue weighted by atomic mass is 32.2. The van der Waals surface area contributed by atoms with Gasteiger partial charge in [-0.15, -0.1) is 0 Å². The summed E-state index contributed by atoms with van der Waals surface area (Å²) in [6.07, 6.45) is 3.32. The maximum Gasteiger partial charge on any atom is 0.262 e. The van der Waals surface area contributed by atoms with Crippen LogP contribution in [0.4, 0.5) is 5.69 Å². The second kappa shape index (κ2) is 10.3. The number of sulfonamides is 1. The minimum absolute atomic E-state index is 0.0721. The van der Waals surface area contributed by atoms with Crippen molar-refractivity contribution in [1.29, 1.82) is 0 Å². The lowest BCUT2D eigenvalue weighted by molar-refractivity contribution is 0.324. The van der Waals surface area contributed by atoms with Crippen molar-refractivity contribution < 1.29 is 37.6 Å². The number of phenols is 2. The summed E-state index contributed by atoms with van der Waals surface area (Å²) < 4.78 is 49.4. The van der Waals surface area contributed by atoms with Crippen LogP contribution in [-0.4, -0.2) is 47.1 Å². The first-order valence-corrected chi connectivity index (χ1v) is 11.4. The van der Waals surface area contributed by atoms with E-state index in [0.29, 0.717) is 28.4 Å². The summed E-state index contributed by atoms with van der Waals surface area (Å²) in [4.78, 5) is -0.0907. The third-order valence-electron chi connectivity index (χ3n) is 4.92. The van der Waals surface area contributed by atoms with Crippen LogP contribution in [-0.2, 0) is 10.0 Å². The van der Waals surface area contributed by atoms with Crippen LogP contribution in [0.1, 0.15) is 11.1 Å². The van der Waals surface area contributed by atoms with Gasteiger partial charge in [0.05, 0.1) is 33.3 Å². The Hall–Kier alpha value is -4.05. The minimum Gasteiger partial charge on any atom is -0.508 e. The lowest BCUT2D eigenvalue weighted by Gasteiger charge is -2.15. The van der Waals surface area contributed by atoms with Crippen molar-refractivity contribution in [3.8, 4) is 34.5 Å². The molecule has 0 aliphatic rings. The molecule has 3 rings (SSSR count). The molecule has 3 aromatic carbocycles. The minimum atomic E-state index is -4.08. The number of anilines is 1. The number of ether oxygens (including phenoxy) is 4. The first kappa shape index (κ1) is 24.6. The Morgan fingerprint density at radius 3 is 1.88 bits per heavy atom. The molecule has 0 saturated carbocycles. The highest BCUT2D eigenvalue weighted by molar-refractivity contribution is 7.92. The molecule has 0 saturated heterocycles. The lowest BCUT2D eigenvalue weighted by Crippen LogP contribution is -2.14. The van der Waals surface area contributed by atoms with E-state index in [1.807, 2.05) is 0 Å². The SMILES string of the molecule is COc1ccc(C=Cc2cc(OC)c(OC)c(OC)c2)c(NS(=O)(=O)c2ccc(O)cc2)c1O. The third-order valence-corrected chi connectivity index (χ3v) is 6.28. The molecule has 0 spiro atoms. The van der Waals surface area contributed by atoms with E-state index in [9.17, 15) is 18.6 Å². The average Bonchev–Trinajstić information content (AvgIpc) is 2.83. The number of hydrogen-bond donors (Lipinski definition) is 3. The predicted octanol–water partition coefficient (Wildman–Crippen LogP) is 4.10. The van der Waals surface area contributed by atoms with Gasteiger partial charge in [-0.25, -0.2) is 8.42 Å². The van der Waals surface area contributed by atoms with Crippen LogP contribution in [0, 0.1) is 0 Å². The standard InChI is InChI=1S/C24H25NO8S/c1-30-19-12-7-16(6-5-15-13-20(31-2)24(33-4)21(14-15)32-3)22(23(19)27)25-34(28,29)18-10-8-17(26)9-11-18/h5-14,25-27H,1-4H3. The topological polar surface area (TPSA) is 124 Å². The molecule has 9 nitrogen and oxygen atoms in total. The Morgan fingerprint density at radius 1 is 0.765 bits per heavy atom. The molecule has 0 aliphatic heterocycles. The maximum absolute atomic E-state index is 12.9. The zero-order valence-electron chi connectivity index (χ0n) is 19.0. The number of methoxy groups -OCH3 is 4. The van der Waals surface area contributed by atoms with Gasteiger partial charge in [0, 0.05) is 5.56 Å². The average molecular weight is 488 g/mol. The van der Waals surface area contributed by atoms with Gasteiger partial charge in [0.15, 0.2) is 23.0 Å². The maximum atomic E-state index is 12.9. The van der Waals surface area contributed by atoms with Crippen molar-refractivity contribution >= 4 is 27.9 Å². The molecular formula is C24H25NO8S. The Bertz CT molecular complexity index is 1280. The summed E-state index contributed by atoms with van der Waals surface area (Å²) in [6.45, 7) is 0. The molecular weight excluding hydrogens is 462 g/mol. The Kier molecular flexibility index (Phi) is 7.42. The molecule has 3 aromatic rings. The van der Waals surface area contributed by atoms with Crippen LogP contribution in [0.25, 0.3) is 12.2 Å². The molecule has 0 amide bonds. The van der Waals surface area contributed by atoms with Gasteiger partial charge < -0.3 is 29.2 Å². The van der Waals surface area contributed by atoms with E-state index in [1.165, 1.54) is 58.8 Å². The van der Waals surface area contributed by atoms with Crippen molar-refractivity contribution in [2.75, 3.05) is 33.2 Å². The molecule has 0 bridgehead atoms. The van der Waals surface area contributed by atoms with E-state index in [1.54, 1.807) is 30.4 Å². The number of nitrogens with one attached hydrogen (secondary N) is 1. The molecule has 3 N–H and O–H groups in total. The van der Waals surface area contributed by atoms with Crippen LogP contribution < -0.4 is 23.7 Å². The summed E-state index contributed by atoms with van der Waals surface area (Å²) >= 11 is 0. The smallest absolute Gasteiger partial charge is 0.262 e. The van der Waals surface area contributed by atoms with E-state index < -0.39 is 10.0 Å². The Morgan fingerprint density at radius 2 is 1.35 bits per heavy atom. The van der Waals surface area contributed by atoms with E-state index in [4.69, 9.17) is 18.9 Å². The van der Waals surface area contributed by atoms with Crippen LogP contribution in [0.3, 0.4) is 0 Å². The van der Waals surface area contributed by atoms with Gasteiger partial charge in [-0.05, 0) is 54.1 Å². The van der Waals surface area contributed by atoms with E-state index in [0.717, 1.165) is 0 Å². The Balaban J connectivity index is 2.05. The molecule has 0 atom stereocenters. The van der Waals surface area contributed by atoms with Crippen LogP contribution in [0.15, 0.2) is 53.4 Å². The molecule has 0 fully saturated rings. The summed E-state index contributed by atoms with van der Waals surface area (Å²) in [7, 11) is 1.79. The van der Waals surface area contributed by atoms with Crippen LogP contribution >= 0.6 is 0 Å². The van der Waals surface area contributed by atoms with Crippen molar-refractivity contribution in [2.45, 2.75) is 4.90 Å². The van der Waals surface area contributed by atoms with Gasteiger partial charge in [0.1, 0.15) is 11.4 Å². The summed E-state index contributed by atoms with van der Waals surface area (Å²) in [5.41, 5.74) is 0.975. The number of benzene rings is 3. The van der Waals surface area contributed by atoms with Crippen LogP contribution in [0.5, 0.6) is 34.5 Å². The van der Waals surface area contributed by atoms with Gasteiger partial charge >= 0.3 is 0 Å². The molecule has 180 valence electrons. The highest BCUT2D eigenvalue weighted by Crippen LogP contribution is 2.41. The lowest BCUT2D eigenvalue weighted by atomic mass is 10.1. The summed E-state index contributed by atoms with van der Waals surface area (Å²) in [6, 6.07) is 11.6. The summed E-state index contributed by atoms with van der Waals surface area (Å²) in [5, 5.41) is 20.1. The quantitative estimate of drug-likeness (QED) is 0.304. The van der Waals surface area contributed by atoms with Crippen LogP contribution in [0.2, 0.25) is 0 Å². The molecule has 0 aliphatic carbocycles. The number of rotatable bonds is 9. The van der Waals surface area contributed by atoms with Gasteiger partial charge in [0.2, 0.25) is 5.75 Å². The molecule has 0 unspecified atom stereocenters. The first-order valence-electron chi connectivity index (χ1n) is 9.94. The van der Waals surface area contributed by atoms with Gasteiger partial charge in [-0.3, -0.25) is 4.72 Å². The zero-order valence-corrected chi connectivity index (χ0v) is 19.8. The number of phenolic OH excluding ortho intramolecular Hbond substituents is 2. The van der Waals surface area contributed by atoms with Crippen molar-refractivity contribution in [2.24, 2.45) is 0 Å². The largest absolute Gasteiger partial charge is 0.508 e. The first-order chi connectivity index (χ1) is 16.2. The fraction of sp³-hybridized carbons (Fsp3) is 0.167. The van der Waals surface area contributed by atoms with Gasteiger partial charge in [-0.1, -0.05) is 12.2 Å². The summed E-state index contributed by atoms with van der Waals surface area (Å²) in [5.74, 6) is 0.980. The van der Waals surface area contributed by atoms with Crippen molar-refractivity contribution in [3.63, 3.8) is 0 Å².